The minimum absolute atomic E-state index is 0. The molecule has 1 aliphatic carbocycles. The third-order valence-electron chi connectivity index (χ3n) is 1.87. The van der Waals surface area contributed by atoms with Crippen molar-refractivity contribution in [3.05, 3.63) is 0 Å². The molecule has 118 valence electrons. The molecule has 0 heterocycles. The Morgan fingerprint density at radius 3 is 1.11 bits per heavy atom. The topological polar surface area (TPSA) is 166 Å². The monoisotopic (exact) mass is 499 g/mol. The largest absolute Gasteiger partial charge is 4.00 e. The van der Waals surface area contributed by atoms with E-state index in [1.165, 1.54) is 12.8 Å². The first-order chi connectivity index (χ1) is 7.80. The van der Waals surface area contributed by atoms with Crippen molar-refractivity contribution in [1.82, 2.24) is 0 Å². The zero-order valence-electron chi connectivity index (χ0n) is 10.7. The predicted molar refractivity (Wildman–Crippen MR) is 65.7 cm³/mol. The molecule has 0 amide bonds. The van der Waals surface area contributed by atoms with E-state index in [-0.39, 0.29) is 33.1 Å². The molecule has 1 aliphatic rings. The molecular formula is C8H20N2O6PtS2+2. The summed E-state index contributed by atoms with van der Waals surface area (Å²) >= 11 is 0. The summed E-state index contributed by atoms with van der Waals surface area (Å²) in [4.78, 5) is 0. The van der Waals surface area contributed by atoms with Gasteiger partial charge in [-0.25, -0.2) is 16.8 Å². The smallest absolute Gasteiger partial charge is 0.748 e. The molecule has 0 aromatic heterocycles. The molecule has 0 spiro atoms. The Labute approximate surface area is 129 Å². The van der Waals surface area contributed by atoms with Gasteiger partial charge in [-0.05, 0) is 12.8 Å². The summed E-state index contributed by atoms with van der Waals surface area (Å²) in [6.45, 7) is 0. The zero-order chi connectivity index (χ0) is 15.0. The summed E-state index contributed by atoms with van der Waals surface area (Å²) in [5.74, 6) is 0. The van der Waals surface area contributed by atoms with Crippen molar-refractivity contribution in [2.45, 2.75) is 37.8 Å². The van der Waals surface area contributed by atoms with Gasteiger partial charge in [0.2, 0.25) is 0 Å². The van der Waals surface area contributed by atoms with Crippen LogP contribution in [-0.4, -0.2) is 50.5 Å². The quantitative estimate of drug-likeness (QED) is 0.381. The molecule has 2 atom stereocenters. The maximum absolute atomic E-state index is 9.08. The first kappa shape index (κ1) is 24.4. The van der Waals surface area contributed by atoms with E-state index in [9.17, 15) is 0 Å². The summed E-state index contributed by atoms with van der Waals surface area (Å²) in [6, 6.07) is 0.562. The number of nitrogens with two attached hydrogens (primary N) is 2. The average molecular weight is 499 g/mol. The fraction of sp³-hybridized carbons (Fsp3) is 1.00. The van der Waals surface area contributed by atoms with Gasteiger partial charge in [0.25, 0.3) is 0 Å². The molecule has 19 heavy (non-hydrogen) atoms. The minimum atomic E-state index is -3.92. The van der Waals surface area contributed by atoms with Gasteiger partial charge in [0.1, 0.15) is 0 Å². The van der Waals surface area contributed by atoms with Crippen LogP contribution in [0, 0.1) is 0 Å². The van der Waals surface area contributed by atoms with Crippen LogP contribution >= 0.6 is 0 Å². The van der Waals surface area contributed by atoms with Crippen LogP contribution in [0.1, 0.15) is 25.7 Å². The molecule has 0 bridgehead atoms. The van der Waals surface area contributed by atoms with Crippen LogP contribution in [0.2, 0.25) is 0 Å². The molecule has 0 aromatic carbocycles. The van der Waals surface area contributed by atoms with Crippen molar-refractivity contribution >= 4 is 20.2 Å². The van der Waals surface area contributed by atoms with E-state index in [4.69, 9.17) is 37.4 Å². The van der Waals surface area contributed by atoms with E-state index >= 15 is 0 Å². The molecule has 11 heteroatoms. The Kier molecular flexibility index (Phi) is 14.3. The maximum Gasteiger partial charge on any atom is 4.00 e. The second-order valence-corrected chi connectivity index (χ2v) is 6.84. The van der Waals surface area contributed by atoms with Crippen LogP contribution in [0.5, 0.6) is 0 Å². The van der Waals surface area contributed by atoms with Gasteiger partial charge in [-0.15, -0.1) is 0 Å². The minimum Gasteiger partial charge on any atom is -0.748 e. The summed E-state index contributed by atoms with van der Waals surface area (Å²) in [6.07, 6.45) is 6.01. The van der Waals surface area contributed by atoms with Gasteiger partial charge in [-0.3, -0.25) is 0 Å². The first-order valence-electron chi connectivity index (χ1n) is 5.13. The fourth-order valence-corrected chi connectivity index (χ4v) is 1.19. The molecule has 0 aliphatic heterocycles. The second-order valence-electron chi connectivity index (χ2n) is 4.02. The molecule has 0 aromatic rings. The van der Waals surface area contributed by atoms with E-state index in [2.05, 4.69) is 0 Å². The molecule has 1 fully saturated rings. The molecule has 0 saturated heterocycles. The van der Waals surface area contributed by atoms with Gasteiger partial charge in [0.05, 0.1) is 20.2 Å². The summed E-state index contributed by atoms with van der Waals surface area (Å²) in [5, 5.41) is 0. The van der Waals surface area contributed by atoms with Crippen molar-refractivity contribution < 1.29 is 47.0 Å². The molecule has 2 unspecified atom stereocenters. The van der Waals surface area contributed by atoms with Crippen LogP contribution in [0.15, 0.2) is 0 Å². The van der Waals surface area contributed by atoms with Gasteiger partial charge >= 0.3 is 21.1 Å². The zero-order valence-corrected chi connectivity index (χ0v) is 14.6. The Morgan fingerprint density at radius 2 is 1.00 bits per heavy atom. The van der Waals surface area contributed by atoms with Crippen LogP contribution in [-0.2, 0) is 41.3 Å². The molecule has 1 saturated carbocycles. The Hall–Kier alpha value is 0.428. The van der Waals surface area contributed by atoms with Crippen molar-refractivity contribution in [2.24, 2.45) is 11.5 Å². The van der Waals surface area contributed by atoms with Crippen molar-refractivity contribution in [1.29, 1.82) is 0 Å². The van der Waals surface area contributed by atoms with Crippen molar-refractivity contribution in [3.63, 3.8) is 0 Å². The fourth-order valence-electron chi connectivity index (χ4n) is 1.19. The number of hydrogen-bond donors (Lipinski definition) is 2. The third kappa shape index (κ3) is 38.1. The summed E-state index contributed by atoms with van der Waals surface area (Å²) in [7, 11) is -7.83. The standard InChI is InChI=1S/C6H14N2.2CH4O3S.Pt/c7-5-3-1-2-4-6(5)8;2*1-5(2,3)4;/h5-6H,1-4,7-8H2;2*1H3,(H,2,3,4);/q;;;+4/p-2. The average Bonchev–Trinajstić information content (AvgIpc) is 2.04. The van der Waals surface area contributed by atoms with E-state index < -0.39 is 20.2 Å². The summed E-state index contributed by atoms with van der Waals surface area (Å²) < 4.78 is 54.5. The van der Waals surface area contributed by atoms with Gasteiger partial charge < -0.3 is 20.6 Å². The van der Waals surface area contributed by atoms with Crippen LogP contribution < -0.4 is 11.5 Å². The van der Waals surface area contributed by atoms with Gasteiger partial charge in [0, 0.05) is 24.6 Å². The Morgan fingerprint density at radius 1 is 0.842 bits per heavy atom. The van der Waals surface area contributed by atoms with E-state index in [0.717, 1.165) is 12.8 Å². The first-order valence-corrected chi connectivity index (χ1v) is 8.77. The molecule has 8 nitrogen and oxygen atoms in total. The van der Waals surface area contributed by atoms with E-state index in [0.29, 0.717) is 12.5 Å². The molecule has 4 N–H and O–H groups in total. The van der Waals surface area contributed by atoms with Gasteiger partial charge in [-0.1, -0.05) is 12.8 Å². The van der Waals surface area contributed by atoms with E-state index in [1.807, 2.05) is 0 Å². The second kappa shape index (κ2) is 11.1. The van der Waals surface area contributed by atoms with Crippen LogP contribution in [0.3, 0.4) is 0 Å². The summed E-state index contributed by atoms with van der Waals surface area (Å²) in [5.41, 5.74) is 11.3. The van der Waals surface area contributed by atoms with Crippen molar-refractivity contribution in [3.8, 4) is 0 Å². The normalized spacial score (nSPS) is 22.8. The van der Waals surface area contributed by atoms with E-state index in [1.54, 1.807) is 0 Å². The van der Waals surface area contributed by atoms with Crippen LogP contribution in [0.4, 0.5) is 0 Å². The number of hydrogen-bond acceptors (Lipinski definition) is 8. The SMILES string of the molecule is CS(=O)(=O)[O-].CS(=O)(=O)[O-].NC1CCCCC1N.[Pt+4]. The van der Waals surface area contributed by atoms with Crippen LogP contribution in [0.25, 0.3) is 0 Å². The van der Waals surface area contributed by atoms with Crippen molar-refractivity contribution in [2.75, 3.05) is 12.5 Å². The Bertz CT molecular complexity index is 355. The Balaban J connectivity index is -0.000000208. The predicted octanol–water partition coefficient (Wildman–Crippen LogP) is -1.46. The third-order valence-corrected chi connectivity index (χ3v) is 1.87. The molecule has 1 rings (SSSR count). The molecule has 0 radical (unpaired) electrons. The van der Waals surface area contributed by atoms with Gasteiger partial charge in [-0.2, -0.15) is 0 Å². The molecular weight excluding hydrogens is 479 g/mol. The number of rotatable bonds is 0. The maximum atomic E-state index is 9.08. The van der Waals surface area contributed by atoms with Gasteiger partial charge in [0.15, 0.2) is 0 Å².